The van der Waals surface area contributed by atoms with Gasteiger partial charge in [-0.05, 0) is 31.6 Å². The number of pyridine rings is 1. The van der Waals surface area contributed by atoms with E-state index in [1.807, 2.05) is 48.3 Å². The zero-order chi connectivity index (χ0) is 21.1. The second-order valence-corrected chi connectivity index (χ2v) is 7.67. The molecule has 8 heteroatoms. The number of hydrogen-bond acceptors (Lipinski definition) is 8. The Kier molecular flexibility index (Phi) is 5.61. The van der Waals surface area contributed by atoms with Crippen molar-refractivity contribution in [3.8, 4) is 0 Å². The maximum Gasteiger partial charge on any atom is 0.356 e. The number of likely N-dealkylation sites (N-methyl/N-ethyl adjacent to an activating group) is 1. The van der Waals surface area contributed by atoms with E-state index in [4.69, 9.17) is 21.7 Å². The van der Waals surface area contributed by atoms with Crippen molar-refractivity contribution in [3.63, 3.8) is 0 Å². The topological polar surface area (TPSA) is 72.0 Å². The first-order valence-electron chi connectivity index (χ1n) is 9.62. The minimum atomic E-state index is -1.59. The summed E-state index contributed by atoms with van der Waals surface area (Å²) < 4.78 is 11.3. The summed E-state index contributed by atoms with van der Waals surface area (Å²) >= 11 is 5.65. The van der Waals surface area contributed by atoms with Crippen molar-refractivity contribution < 1.29 is 19.1 Å². The minimum Gasteiger partial charge on any atom is -0.399 e. The molecule has 0 unspecified atom stereocenters. The van der Waals surface area contributed by atoms with E-state index >= 15 is 0 Å². The highest BCUT2D eigenvalue weighted by molar-refractivity contribution is 7.81. The van der Waals surface area contributed by atoms with Gasteiger partial charge < -0.3 is 9.47 Å². The predicted molar refractivity (Wildman–Crippen MR) is 115 cm³/mol. The molecule has 30 heavy (non-hydrogen) atoms. The number of rotatable bonds is 3. The molecule has 0 atom stereocenters. The molecule has 0 bridgehead atoms. The summed E-state index contributed by atoms with van der Waals surface area (Å²) in [6.45, 7) is 1.48. The zero-order valence-electron chi connectivity index (χ0n) is 16.5. The van der Waals surface area contributed by atoms with Crippen molar-refractivity contribution in [1.29, 1.82) is 0 Å². The Hall–Kier alpha value is -3.10. The summed E-state index contributed by atoms with van der Waals surface area (Å²) in [6, 6.07) is 11.6. The molecule has 2 aliphatic heterocycles. The molecule has 1 aromatic carbocycles. The normalized spacial score (nSPS) is 19.0. The number of aromatic nitrogens is 1. The third-order valence-electron chi connectivity index (χ3n) is 5.01. The molecule has 1 fully saturated rings. The molecule has 0 aliphatic carbocycles. The van der Waals surface area contributed by atoms with Gasteiger partial charge in [0.25, 0.3) is 0 Å². The molecule has 0 amide bonds. The van der Waals surface area contributed by atoms with E-state index in [-0.39, 0.29) is 6.54 Å². The molecule has 1 spiro atoms. The second-order valence-electron chi connectivity index (χ2n) is 7.26. The molecule has 1 aromatic heterocycles. The molecule has 3 heterocycles. The molecule has 0 N–H and O–H groups in total. The summed E-state index contributed by atoms with van der Waals surface area (Å²) in [5.74, 6) is -2.85. The Morgan fingerprint density at radius 3 is 2.43 bits per heavy atom. The van der Waals surface area contributed by atoms with Gasteiger partial charge in [0.15, 0.2) is 0 Å². The largest absolute Gasteiger partial charge is 0.399 e. The monoisotopic (exact) mass is 423 g/mol. The minimum absolute atomic E-state index is 0.208. The Bertz CT molecular complexity index is 988. The third-order valence-corrected chi connectivity index (χ3v) is 5.48. The van der Waals surface area contributed by atoms with Crippen LogP contribution in [0.4, 0.5) is 5.69 Å². The van der Waals surface area contributed by atoms with Gasteiger partial charge in [0.2, 0.25) is 0 Å². The first-order chi connectivity index (χ1) is 14.5. The maximum absolute atomic E-state index is 12.2. The molecule has 7 nitrogen and oxygen atoms in total. The lowest BCUT2D eigenvalue weighted by Crippen LogP contribution is -2.59. The third kappa shape index (κ3) is 4.10. The fourth-order valence-electron chi connectivity index (χ4n) is 3.67. The summed E-state index contributed by atoms with van der Waals surface area (Å²) in [7, 11) is 1.89. The quantitative estimate of drug-likeness (QED) is 0.423. The molecule has 154 valence electrons. The van der Waals surface area contributed by atoms with Gasteiger partial charge in [0.05, 0.1) is 23.3 Å². The van der Waals surface area contributed by atoms with Crippen molar-refractivity contribution in [2.45, 2.75) is 12.3 Å². The summed E-state index contributed by atoms with van der Waals surface area (Å²) in [5, 5.41) is 0. The fraction of sp³-hybridized carbons (Fsp3) is 0.273. The number of esters is 2. The van der Waals surface area contributed by atoms with Gasteiger partial charge in [-0.1, -0.05) is 42.5 Å². The molecule has 0 radical (unpaired) electrons. The van der Waals surface area contributed by atoms with Crippen molar-refractivity contribution >= 4 is 34.7 Å². The highest BCUT2D eigenvalue weighted by Crippen LogP contribution is 2.32. The first kappa shape index (κ1) is 20.2. The maximum atomic E-state index is 12.2. The number of benzene rings is 1. The lowest BCUT2D eigenvalue weighted by Gasteiger charge is -2.41. The van der Waals surface area contributed by atoms with E-state index in [1.165, 1.54) is 0 Å². The van der Waals surface area contributed by atoms with Crippen LogP contribution in [0, 0.1) is 0 Å². The van der Waals surface area contributed by atoms with Gasteiger partial charge in [-0.25, -0.2) is 9.59 Å². The van der Waals surface area contributed by atoms with Gasteiger partial charge >= 0.3 is 17.8 Å². The standard InChI is InChI=1S/C22H21N3O4S/c1-24-10-5-11-25(22(15-24)28-19(26)8-9-20(27)29-22)18-12-17(13-23-14-18)21(30)16-6-3-2-4-7-16/h2-4,6-9,12-14H,5,10-11,15H2,1H3. The van der Waals surface area contributed by atoms with E-state index in [9.17, 15) is 9.59 Å². The summed E-state index contributed by atoms with van der Waals surface area (Å²) in [4.78, 5) is 33.2. The van der Waals surface area contributed by atoms with E-state index in [0.29, 0.717) is 17.1 Å². The van der Waals surface area contributed by atoms with Crippen LogP contribution in [0.5, 0.6) is 0 Å². The number of thiocarbonyl (C=S) groups is 1. The Morgan fingerprint density at radius 2 is 1.73 bits per heavy atom. The molecule has 2 aromatic rings. The molecule has 4 rings (SSSR count). The zero-order valence-corrected chi connectivity index (χ0v) is 17.3. The number of carbonyl (C=O) groups excluding carboxylic acids is 2. The van der Waals surface area contributed by atoms with Crippen LogP contribution in [0.25, 0.3) is 0 Å². The predicted octanol–water partition coefficient (Wildman–Crippen LogP) is 2.30. The van der Waals surface area contributed by atoms with Gasteiger partial charge in [0.1, 0.15) is 0 Å². The van der Waals surface area contributed by atoms with Crippen LogP contribution in [-0.4, -0.2) is 59.3 Å². The number of carbonyl (C=O) groups is 2. The number of hydrogen-bond donors (Lipinski definition) is 0. The molecular weight excluding hydrogens is 402 g/mol. The lowest BCUT2D eigenvalue weighted by atomic mass is 10.1. The highest BCUT2D eigenvalue weighted by atomic mass is 32.1. The Balaban J connectivity index is 1.74. The van der Waals surface area contributed by atoms with Gasteiger partial charge in [0, 0.05) is 30.5 Å². The van der Waals surface area contributed by atoms with Crippen LogP contribution >= 0.6 is 12.2 Å². The summed E-state index contributed by atoms with van der Waals surface area (Å²) in [6.07, 6.45) is 6.30. The summed E-state index contributed by atoms with van der Waals surface area (Å²) in [5.41, 5.74) is 2.32. The molecule has 0 saturated carbocycles. The average molecular weight is 423 g/mol. The van der Waals surface area contributed by atoms with Crippen LogP contribution in [0.15, 0.2) is 60.9 Å². The Labute approximate surface area is 179 Å². The molecule has 1 saturated heterocycles. The van der Waals surface area contributed by atoms with Crippen LogP contribution in [0.3, 0.4) is 0 Å². The molecule has 2 aliphatic rings. The van der Waals surface area contributed by atoms with Crippen LogP contribution in [0.1, 0.15) is 17.5 Å². The van der Waals surface area contributed by atoms with Crippen molar-refractivity contribution in [1.82, 2.24) is 9.88 Å². The number of nitrogens with zero attached hydrogens (tertiary/aromatic N) is 3. The fourth-order valence-corrected chi connectivity index (χ4v) is 3.92. The van der Waals surface area contributed by atoms with Gasteiger partial charge in [-0.2, -0.15) is 0 Å². The Morgan fingerprint density at radius 1 is 1.03 bits per heavy atom. The van der Waals surface area contributed by atoms with E-state index in [1.54, 1.807) is 17.3 Å². The van der Waals surface area contributed by atoms with Crippen molar-refractivity contribution in [3.05, 3.63) is 72.1 Å². The lowest BCUT2D eigenvalue weighted by molar-refractivity contribution is -0.223. The number of ether oxygens (including phenoxy) is 2. The van der Waals surface area contributed by atoms with Crippen LogP contribution < -0.4 is 4.90 Å². The van der Waals surface area contributed by atoms with Gasteiger partial charge in [-0.3, -0.25) is 14.8 Å². The molecular formula is C22H21N3O4S. The van der Waals surface area contributed by atoms with Crippen molar-refractivity contribution in [2.75, 3.05) is 31.6 Å². The second kappa shape index (κ2) is 8.33. The van der Waals surface area contributed by atoms with Crippen LogP contribution in [-0.2, 0) is 19.1 Å². The number of anilines is 1. The highest BCUT2D eigenvalue weighted by Gasteiger charge is 2.48. The SMILES string of the molecule is CN1CCCN(c2cncc(C(=S)c3ccccc3)c2)C2(C1)OC(=O)C=CC(=O)O2. The van der Waals surface area contributed by atoms with E-state index in [0.717, 1.165) is 36.2 Å². The van der Waals surface area contributed by atoms with E-state index < -0.39 is 17.8 Å². The van der Waals surface area contributed by atoms with Crippen LogP contribution in [0.2, 0.25) is 0 Å². The van der Waals surface area contributed by atoms with Gasteiger partial charge in [-0.15, -0.1) is 0 Å². The first-order valence-corrected chi connectivity index (χ1v) is 10.0. The smallest absolute Gasteiger partial charge is 0.356 e. The van der Waals surface area contributed by atoms with E-state index in [2.05, 4.69) is 4.98 Å². The average Bonchev–Trinajstić information content (AvgIpc) is 2.99. The van der Waals surface area contributed by atoms with Crippen molar-refractivity contribution in [2.24, 2.45) is 0 Å².